The highest BCUT2D eigenvalue weighted by Crippen LogP contribution is 2.21. The summed E-state index contributed by atoms with van der Waals surface area (Å²) >= 11 is 1.70. The van der Waals surface area contributed by atoms with Gasteiger partial charge in [0.15, 0.2) is 5.78 Å². The summed E-state index contributed by atoms with van der Waals surface area (Å²) in [6.07, 6.45) is 0. The smallest absolute Gasteiger partial charge is 0.159 e. The molecule has 17 heavy (non-hydrogen) atoms. The number of benzene rings is 1. The average Bonchev–Trinajstić information content (AvgIpc) is 2.83. The van der Waals surface area contributed by atoms with Crippen LogP contribution >= 0.6 is 11.3 Å². The predicted octanol–water partition coefficient (Wildman–Crippen LogP) is 4.12. The number of thiophene rings is 1. The van der Waals surface area contributed by atoms with Gasteiger partial charge in [0.2, 0.25) is 0 Å². The molecule has 0 aliphatic heterocycles. The Hall–Kier alpha value is -1.61. The Bertz CT molecular complexity index is 487. The third kappa shape index (κ3) is 2.94. The van der Waals surface area contributed by atoms with Crippen molar-refractivity contribution in [1.29, 1.82) is 0 Å². The standard InChI is InChI=1S/C14H15NOS/c1-10(13-7-8-17-9-13)15-14-5-3-12(4-6-14)11(2)16/h3-10,15H,1-2H3. The first-order chi connectivity index (χ1) is 8.16. The molecular weight excluding hydrogens is 230 g/mol. The molecule has 0 radical (unpaired) electrons. The van der Waals surface area contributed by atoms with Crippen LogP contribution in [-0.4, -0.2) is 5.78 Å². The van der Waals surface area contributed by atoms with Crippen LogP contribution in [0.25, 0.3) is 0 Å². The van der Waals surface area contributed by atoms with Crippen LogP contribution in [-0.2, 0) is 0 Å². The summed E-state index contributed by atoms with van der Waals surface area (Å²) in [6, 6.07) is 9.99. The molecule has 1 unspecified atom stereocenters. The summed E-state index contributed by atoms with van der Waals surface area (Å²) in [6.45, 7) is 3.71. The van der Waals surface area contributed by atoms with Crippen molar-refractivity contribution >= 4 is 22.8 Å². The van der Waals surface area contributed by atoms with E-state index < -0.39 is 0 Å². The molecule has 1 heterocycles. The van der Waals surface area contributed by atoms with E-state index in [2.05, 4.69) is 29.1 Å². The number of carbonyl (C=O) groups is 1. The van der Waals surface area contributed by atoms with E-state index in [1.165, 1.54) is 5.56 Å². The van der Waals surface area contributed by atoms with E-state index in [1.54, 1.807) is 18.3 Å². The second-order valence-electron chi connectivity index (χ2n) is 4.06. The van der Waals surface area contributed by atoms with Gasteiger partial charge in [-0.15, -0.1) is 0 Å². The molecule has 1 atom stereocenters. The molecule has 0 aliphatic rings. The Balaban J connectivity index is 2.06. The van der Waals surface area contributed by atoms with Crippen LogP contribution in [0.5, 0.6) is 0 Å². The summed E-state index contributed by atoms with van der Waals surface area (Å²) in [7, 11) is 0. The van der Waals surface area contributed by atoms with Gasteiger partial charge in [-0.05, 0) is 60.5 Å². The fraction of sp³-hybridized carbons (Fsp3) is 0.214. The van der Waals surface area contributed by atoms with Gasteiger partial charge in [-0.25, -0.2) is 0 Å². The van der Waals surface area contributed by atoms with Crippen LogP contribution < -0.4 is 5.32 Å². The lowest BCUT2D eigenvalue weighted by Gasteiger charge is -2.14. The summed E-state index contributed by atoms with van der Waals surface area (Å²) in [5.41, 5.74) is 3.07. The highest BCUT2D eigenvalue weighted by Gasteiger charge is 2.05. The van der Waals surface area contributed by atoms with E-state index in [4.69, 9.17) is 0 Å². The molecule has 0 fully saturated rings. The van der Waals surface area contributed by atoms with Crippen molar-refractivity contribution < 1.29 is 4.79 Å². The molecule has 0 bridgehead atoms. The molecule has 2 aromatic rings. The van der Waals surface area contributed by atoms with Crippen molar-refractivity contribution in [1.82, 2.24) is 0 Å². The summed E-state index contributed by atoms with van der Waals surface area (Å²) in [5.74, 6) is 0.0995. The highest BCUT2D eigenvalue weighted by molar-refractivity contribution is 7.07. The number of ketones is 1. The van der Waals surface area contributed by atoms with E-state index in [9.17, 15) is 4.79 Å². The number of hydrogen-bond donors (Lipinski definition) is 1. The van der Waals surface area contributed by atoms with Crippen LogP contribution in [0, 0.1) is 0 Å². The van der Waals surface area contributed by atoms with Crippen LogP contribution in [0.15, 0.2) is 41.1 Å². The molecule has 2 rings (SSSR count). The minimum atomic E-state index is 0.0995. The number of anilines is 1. The fourth-order valence-corrected chi connectivity index (χ4v) is 2.41. The van der Waals surface area contributed by atoms with Gasteiger partial charge in [-0.2, -0.15) is 11.3 Å². The van der Waals surface area contributed by atoms with Crippen molar-refractivity contribution in [3.05, 3.63) is 52.2 Å². The lowest BCUT2D eigenvalue weighted by atomic mass is 10.1. The van der Waals surface area contributed by atoms with Crippen molar-refractivity contribution in [2.24, 2.45) is 0 Å². The SMILES string of the molecule is CC(=O)c1ccc(NC(C)c2ccsc2)cc1. The van der Waals surface area contributed by atoms with E-state index in [0.717, 1.165) is 11.3 Å². The monoisotopic (exact) mass is 245 g/mol. The second kappa shape index (κ2) is 5.15. The second-order valence-corrected chi connectivity index (χ2v) is 4.84. The zero-order valence-electron chi connectivity index (χ0n) is 9.94. The van der Waals surface area contributed by atoms with Crippen LogP contribution in [0.2, 0.25) is 0 Å². The first-order valence-corrected chi connectivity index (χ1v) is 6.51. The number of Topliss-reactive ketones (excluding diaryl/α,β-unsaturated/α-hetero) is 1. The largest absolute Gasteiger partial charge is 0.378 e. The molecule has 1 aromatic carbocycles. The number of hydrogen-bond acceptors (Lipinski definition) is 3. The van der Waals surface area contributed by atoms with Gasteiger partial charge in [-0.3, -0.25) is 4.79 Å². The number of rotatable bonds is 4. The first-order valence-electron chi connectivity index (χ1n) is 5.56. The topological polar surface area (TPSA) is 29.1 Å². The highest BCUT2D eigenvalue weighted by atomic mass is 32.1. The third-order valence-electron chi connectivity index (χ3n) is 2.72. The van der Waals surface area contributed by atoms with Gasteiger partial charge < -0.3 is 5.32 Å². The number of carbonyl (C=O) groups excluding carboxylic acids is 1. The molecule has 0 aliphatic carbocycles. The molecule has 2 nitrogen and oxygen atoms in total. The van der Waals surface area contributed by atoms with Gasteiger partial charge in [-0.1, -0.05) is 0 Å². The molecule has 0 amide bonds. The quantitative estimate of drug-likeness (QED) is 0.821. The van der Waals surface area contributed by atoms with Crippen molar-refractivity contribution in [2.75, 3.05) is 5.32 Å². The van der Waals surface area contributed by atoms with Gasteiger partial charge in [0, 0.05) is 17.3 Å². The van der Waals surface area contributed by atoms with Crippen molar-refractivity contribution in [3.63, 3.8) is 0 Å². The Morgan fingerprint density at radius 1 is 1.24 bits per heavy atom. The maximum absolute atomic E-state index is 11.1. The van der Waals surface area contributed by atoms with Crippen molar-refractivity contribution in [2.45, 2.75) is 19.9 Å². The van der Waals surface area contributed by atoms with Gasteiger partial charge >= 0.3 is 0 Å². The minimum Gasteiger partial charge on any atom is -0.378 e. The summed E-state index contributed by atoms with van der Waals surface area (Å²) < 4.78 is 0. The molecule has 3 heteroatoms. The third-order valence-corrected chi connectivity index (χ3v) is 3.42. The average molecular weight is 245 g/mol. The van der Waals surface area contributed by atoms with Gasteiger partial charge in [0.25, 0.3) is 0 Å². The molecule has 0 spiro atoms. The Kier molecular flexibility index (Phi) is 3.59. The van der Waals surface area contributed by atoms with E-state index in [-0.39, 0.29) is 11.8 Å². The Morgan fingerprint density at radius 3 is 2.47 bits per heavy atom. The minimum absolute atomic E-state index is 0.0995. The van der Waals surface area contributed by atoms with Crippen LogP contribution in [0.4, 0.5) is 5.69 Å². The lowest BCUT2D eigenvalue weighted by Crippen LogP contribution is -2.05. The zero-order valence-corrected chi connectivity index (χ0v) is 10.8. The maximum Gasteiger partial charge on any atom is 0.159 e. The van der Waals surface area contributed by atoms with E-state index >= 15 is 0 Å². The maximum atomic E-state index is 11.1. The van der Waals surface area contributed by atoms with Crippen LogP contribution in [0.1, 0.15) is 35.8 Å². The zero-order chi connectivity index (χ0) is 12.3. The van der Waals surface area contributed by atoms with E-state index in [0.29, 0.717) is 0 Å². The first kappa shape index (κ1) is 11.9. The molecule has 0 saturated heterocycles. The number of nitrogens with one attached hydrogen (secondary N) is 1. The van der Waals surface area contributed by atoms with Crippen molar-refractivity contribution in [3.8, 4) is 0 Å². The van der Waals surface area contributed by atoms with Crippen LogP contribution in [0.3, 0.4) is 0 Å². The molecule has 0 saturated carbocycles. The Morgan fingerprint density at radius 2 is 1.94 bits per heavy atom. The summed E-state index contributed by atoms with van der Waals surface area (Å²) in [4.78, 5) is 11.1. The normalized spacial score (nSPS) is 12.1. The molecule has 1 aromatic heterocycles. The molecular formula is C14H15NOS. The molecule has 1 N–H and O–H groups in total. The fourth-order valence-electron chi connectivity index (χ4n) is 1.66. The predicted molar refractivity (Wildman–Crippen MR) is 72.8 cm³/mol. The molecule has 88 valence electrons. The summed E-state index contributed by atoms with van der Waals surface area (Å²) in [5, 5.41) is 7.62. The lowest BCUT2D eigenvalue weighted by molar-refractivity contribution is 0.101. The van der Waals surface area contributed by atoms with E-state index in [1.807, 2.05) is 24.3 Å². The Labute approximate surface area is 105 Å². The van der Waals surface area contributed by atoms with Gasteiger partial charge in [0.1, 0.15) is 0 Å². The van der Waals surface area contributed by atoms with Gasteiger partial charge in [0.05, 0.1) is 0 Å².